The summed E-state index contributed by atoms with van der Waals surface area (Å²) in [5.74, 6) is -0.179. The standard InChI is InChI=1S/C21H25FN6O3S.C2H6O3S/c1-13(12-18(29)25-15-6-10-17(11-7-15)32(22,30)31)14-4-8-16(9-5-14)28-20(24)26-19(23)27-21(28,2)3;1-2-6(3,4)5/h4-11,13H,12H2,1-3H3,(H,25,29)(H4,23,24,26,27);2H2,1H3,(H,3,4,5). The minimum atomic E-state index is -4.77. The van der Waals surface area contributed by atoms with Crippen molar-refractivity contribution in [3.8, 4) is 0 Å². The van der Waals surface area contributed by atoms with Gasteiger partial charge in [-0.15, -0.1) is 3.89 Å². The van der Waals surface area contributed by atoms with E-state index in [2.05, 4.69) is 15.3 Å². The Hall–Kier alpha value is -3.56. The number of nitrogens with zero attached hydrogens (tertiary/aromatic N) is 3. The van der Waals surface area contributed by atoms with Crippen LogP contribution in [0.15, 0.2) is 63.4 Å². The number of anilines is 2. The highest BCUT2D eigenvalue weighted by Crippen LogP contribution is 2.29. The summed E-state index contributed by atoms with van der Waals surface area (Å²) in [6.07, 6.45) is 0.197. The summed E-state index contributed by atoms with van der Waals surface area (Å²) in [5.41, 5.74) is 13.2. The summed E-state index contributed by atoms with van der Waals surface area (Å²) in [4.78, 5) is 22.0. The van der Waals surface area contributed by atoms with E-state index in [0.29, 0.717) is 5.69 Å². The van der Waals surface area contributed by atoms with Gasteiger partial charge >= 0.3 is 10.2 Å². The third-order valence-corrected chi connectivity index (χ3v) is 6.95. The van der Waals surface area contributed by atoms with Gasteiger partial charge in [-0.05, 0) is 68.7 Å². The van der Waals surface area contributed by atoms with Crippen LogP contribution in [0, 0.1) is 0 Å². The van der Waals surface area contributed by atoms with Crippen molar-refractivity contribution >= 4 is 49.5 Å². The number of benzene rings is 2. The second kappa shape index (κ2) is 11.9. The highest BCUT2D eigenvalue weighted by atomic mass is 32.3. The first-order chi connectivity index (χ1) is 17.4. The Labute approximate surface area is 221 Å². The van der Waals surface area contributed by atoms with Crippen LogP contribution in [-0.4, -0.2) is 50.6 Å². The van der Waals surface area contributed by atoms with Crippen molar-refractivity contribution in [3.05, 3.63) is 54.1 Å². The first-order valence-electron chi connectivity index (χ1n) is 11.3. The van der Waals surface area contributed by atoms with E-state index in [4.69, 9.17) is 16.0 Å². The highest BCUT2D eigenvalue weighted by Gasteiger charge is 2.33. The molecule has 15 heteroatoms. The van der Waals surface area contributed by atoms with Gasteiger partial charge in [-0.1, -0.05) is 19.1 Å². The molecule has 0 aliphatic carbocycles. The van der Waals surface area contributed by atoms with Crippen molar-refractivity contribution in [2.45, 2.75) is 50.6 Å². The third-order valence-electron chi connectivity index (χ3n) is 5.39. The van der Waals surface area contributed by atoms with Crippen LogP contribution >= 0.6 is 0 Å². The molecule has 0 bridgehead atoms. The van der Waals surface area contributed by atoms with Crippen molar-refractivity contribution < 1.29 is 30.1 Å². The SMILES string of the molecule is CC(CC(=O)Nc1ccc(S(=O)(=O)F)cc1)c1ccc(N2C(N)=NC(N)=NC2(C)C)cc1.CCS(=O)(=O)O. The Bertz CT molecular complexity index is 1420. The summed E-state index contributed by atoms with van der Waals surface area (Å²) in [6.45, 7) is 7.03. The molecule has 0 saturated carbocycles. The van der Waals surface area contributed by atoms with Crippen LogP contribution in [0.5, 0.6) is 0 Å². The second-order valence-electron chi connectivity index (χ2n) is 8.85. The number of guanidine groups is 2. The topological polar surface area (TPSA) is 198 Å². The Morgan fingerprint density at radius 1 is 1.08 bits per heavy atom. The molecular weight excluding hydrogens is 539 g/mol. The predicted octanol–water partition coefficient (Wildman–Crippen LogP) is 2.56. The molecule has 2 aromatic rings. The fraction of sp³-hybridized carbons (Fsp3) is 0.348. The van der Waals surface area contributed by atoms with Crippen LogP contribution in [-0.2, 0) is 25.1 Å². The van der Waals surface area contributed by atoms with Gasteiger partial charge in [0.2, 0.25) is 17.8 Å². The zero-order valence-corrected chi connectivity index (χ0v) is 22.9. The number of carbonyl (C=O) groups excluding carboxylic acids is 1. The van der Waals surface area contributed by atoms with E-state index in [1.54, 1.807) is 4.90 Å². The molecule has 0 spiro atoms. The molecular formula is C23H31FN6O6S2. The van der Waals surface area contributed by atoms with E-state index in [0.717, 1.165) is 23.4 Å². The Balaban J connectivity index is 0.000000757. The number of hydrogen-bond donors (Lipinski definition) is 4. The van der Waals surface area contributed by atoms with Gasteiger partial charge < -0.3 is 16.8 Å². The lowest BCUT2D eigenvalue weighted by atomic mass is 9.96. The number of nitrogens with one attached hydrogen (secondary N) is 1. The summed E-state index contributed by atoms with van der Waals surface area (Å²) >= 11 is 0. The average Bonchev–Trinajstić information content (AvgIpc) is 2.78. The molecule has 0 saturated heterocycles. The van der Waals surface area contributed by atoms with Gasteiger partial charge in [-0.25, -0.2) is 4.99 Å². The van der Waals surface area contributed by atoms with Crippen LogP contribution in [0.25, 0.3) is 0 Å². The van der Waals surface area contributed by atoms with E-state index in [1.807, 2.05) is 45.0 Å². The lowest BCUT2D eigenvalue weighted by Gasteiger charge is -2.38. The van der Waals surface area contributed by atoms with Gasteiger partial charge in [0.25, 0.3) is 10.1 Å². The maximum atomic E-state index is 13.0. The first kappa shape index (κ1) is 30.7. The number of carbonyl (C=O) groups is 1. The normalized spacial score (nSPS) is 15.9. The number of halogens is 1. The first-order valence-corrected chi connectivity index (χ1v) is 14.3. The fourth-order valence-electron chi connectivity index (χ4n) is 3.51. The molecule has 0 aromatic heterocycles. The Morgan fingerprint density at radius 3 is 2.05 bits per heavy atom. The number of amides is 1. The molecule has 6 N–H and O–H groups in total. The van der Waals surface area contributed by atoms with Crippen molar-refractivity contribution in [2.75, 3.05) is 16.0 Å². The molecule has 0 radical (unpaired) electrons. The van der Waals surface area contributed by atoms with E-state index in [-0.39, 0.29) is 35.9 Å². The Morgan fingerprint density at radius 2 is 1.61 bits per heavy atom. The van der Waals surface area contributed by atoms with Crippen LogP contribution < -0.4 is 21.7 Å². The molecule has 3 rings (SSSR count). The molecule has 1 unspecified atom stereocenters. The number of aliphatic imine (C=N–C) groups is 2. The van der Waals surface area contributed by atoms with E-state index < -0.39 is 30.9 Å². The molecule has 0 fully saturated rings. The highest BCUT2D eigenvalue weighted by molar-refractivity contribution is 7.86. The van der Waals surface area contributed by atoms with E-state index >= 15 is 0 Å². The maximum absolute atomic E-state index is 13.0. The van der Waals surface area contributed by atoms with Crippen LogP contribution in [0.4, 0.5) is 15.3 Å². The quantitative estimate of drug-likeness (QED) is 0.285. The molecule has 208 valence electrons. The molecule has 1 heterocycles. The summed E-state index contributed by atoms with van der Waals surface area (Å²) in [5, 5.41) is 2.68. The molecule has 2 aromatic carbocycles. The van der Waals surface area contributed by atoms with Crippen molar-refractivity contribution in [1.82, 2.24) is 0 Å². The zero-order valence-electron chi connectivity index (χ0n) is 21.3. The van der Waals surface area contributed by atoms with Gasteiger partial charge in [-0.2, -0.15) is 21.8 Å². The Kier molecular flexibility index (Phi) is 9.58. The lowest BCUT2D eigenvalue weighted by molar-refractivity contribution is -0.116. The maximum Gasteiger partial charge on any atom is 0.332 e. The molecule has 12 nitrogen and oxygen atoms in total. The lowest BCUT2D eigenvalue weighted by Crippen LogP contribution is -2.54. The largest absolute Gasteiger partial charge is 0.369 e. The second-order valence-corrected chi connectivity index (χ2v) is 11.9. The van der Waals surface area contributed by atoms with E-state index in [1.165, 1.54) is 19.1 Å². The molecule has 38 heavy (non-hydrogen) atoms. The van der Waals surface area contributed by atoms with Gasteiger partial charge in [0, 0.05) is 17.8 Å². The van der Waals surface area contributed by atoms with Crippen LogP contribution in [0.2, 0.25) is 0 Å². The summed E-state index contributed by atoms with van der Waals surface area (Å²) in [6, 6.07) is 12.4. The fourth-order valence-corrected chi connectivity index (χ4v) is 3.97. The van der Waals surface area contributed by atoms with Gasteiger partial charge in [-0.3, -0.25) is 14.2 Å². The van der Waals surface area contributed by atoms with Crippen LogP contribution in [0.3, 0.4) is 0 Å². The monoisotopic (exact) mass is 570 g/mol. The summed E-state index contributed by atoms with van der Waals surface area (Å²) in [7, 11) is -8.44. The number of rotatable bonds is 7. The van der Waals surface area contributed by atoms with E-state index in [9.17, 15) is 25.5 Å². The zero-order chi connectivity index (χ0) is 28.9. The molecule has 1 amide bonds. The van der Waals surface area contributed by atoms with Gasteiger partial charge in [0.1, 0.15) is 5.66 Å². The van der Waals surface area contributed by atoms with Gasteiger partial charge in [0.05, 0.1) is 10.6 Å². The number of nitrogens with two attached hydrogens (primary N) is 2. The molecule has 1 aliphatic rings. The van der Waals surface area contributed by atoms with Gasteiger partial charge in [0.15, 0.2) is 0 Å². The number of hydrogen-bond acceptors (Lipinski definition) is 10. The average molecular weight is 571 g/mol. The smallest absolute Gasteiger partial charge is 0.332 e. The third kappa shape index (κ3) is 8.78. The summed E-state index contributed by atoms with van der Waals surface area (Å²) < 4.78 is 61.6. The van der Waals surface area contributed by atoms with Crippen molar-refractivity contribution in [1.29, 1.82) is 0 Å². The molecule has 1 atom stereocenters. The van der Waals surface area contributed by atoms with Crippen LogP contribution in [0.1, 0.15) is 45.6 Å². The predicted molar refractivity (Wildman–Crippen MR) is 145 cm³/mol. The van der Waals surface area contributed by atoms with Crippen molar-refractivity contribution in [2.24, 2.45) is 21.5 Å². The molecule has 1 aliphatic heterocycles. The minimum Gasteiger partial charge on any atom is -0.369 e. The van der Waals surface area contributed by atoms with Crippen molar-refractivity contribution in [3.63, 3.8) is 0 Å². The minimum absolute atomic E-state index is 0.0939.